The van der Waals surface area contributed by atoms with E-state index in [4.69, 9.17) is 0 Å². The molecule has 7 heteroatoms. The van der Waals surface area contributed by atoms with Crippen LogP contribution < -0.4 is 10.2 Å². The van der Waals surface area contributed by atoms with Crippen LogP contribution in [0.5, 0.6) is 0 Å². The van der Waals surface area contributed by atoms with Crippen LogP contribution in [0.4, 0.5) is 11.5 Å². The largest absolute Gasteiger partial charge is 0.381 e. The molecule has 3 heterocycles. The molecule has 0 amide bonds. The minimum atomic E-state index is 0.506. The van der Waals surface area contributed by atoms with Crippen LogP contribution in [0.2, 0.25) is 0 Å². The lowest BCUT2D eigenvalue weighted by molar-refractivity contribution is 0.269. The minimum absolute atomic E-state index is 0.506. The van der Waals surface area contributed by atoms with E-state index >= 15 is 0 Å². The number of nitrogens with zero attached hydrogens (tertiary/aromatic N) is 6. The summed E-state index contributed by atoms with van der Waals surface area (Å²) in [4.78, 5) is 8.99. The number of likely N-dealkylation sites (tertiary alicyclic amines) is 1. The molecule has 1 saturated heterocycles. The quantitative estimate of drug-likeness (QED) is 0.902. The Bertz CT molecular complexity index is 635. The van der Waals surface area contributed by atoms with Gasteiger partial charge in [0, 0.05) is 40.3 Å². The van der Waals surface area contributed by atoms with Crippen LogP contribution in [0.1, 0.15) is 25.0 Å². The second-order valence-corrected chi connectivity index (χ2v) is 6.70. The van der Waals surface area contributed by atoms with E-state index in [2.05, 4.69) is 37.6 Å². The Morgan fingerprint density at radius 1 is 1.21 bits per heavy atom. The maximum Gasteiger partial charge on any atom is 0.128 e. The third-order valence-electron chi connectivity index (χ3n) is 4.59. The first-order valence-corrected chi connectivity index (χ1v) is 8.57. The molecule has 1 unspecified atom stereocenters. The normalized spacial score (nSPS) is 19.0. The molecule has 3 rings (SSSR count). The van der Waals surface area contributed by atoms with Gasteiger partial charge in [-0.1, -0.05) is 5.21 Å². The van der Waals surface area contributed by atoms with Gasteiger partial charge in [0.1, 0.15) is 5.82 Å². The highest BCUT2D eigenvalue weighted by atomic mass is 15.4. The summed E-state index contributed by atoms with van der Waals surface area (Å²) in [6.07, 6.45) is 7.32. The predicted octanol–water partition coefficient (Wildman–Crippen LogP) is 1.74. The fraction of sp³-hybridized carbons (Fsp3) is 0.588. The van der Waals surface area contributed by atoms with Crippen LogP contribution in [0, 0.1) is 0 Å². The molecule has 0 aromatic carbocycles. The molecule has 1 aliphatic rings. The molecule has 0 saturated carbocycles. The topological polar surface area (TPSA) is 62.1 Å². The second-order valence-electron chi connectivity index (χ2n) is 6.70. The van der Waals surface area contributed by atoms with Gasteiger partial charge in [-0.25, -0.2) is 4.98 Å². The zero-order valence-electron chi connectivity index (χ0n) is 14.8. The smallest absolute Gasteiger partial charge is 0.128 e. The SMILES string of the molecule is CN(C)c1ccc(NC2CCCN(Cc3cnnn3C)CC2)cn1. The van der Waals surface area contributed by atoms with Crippen molar-refractivity contribution >= 4 is 11.5 Å². The van der Waals surface area contributed by atoms with Crippen molar-refractivity contribution in [1.29, 1.82) is 0 Å². The van der Waals surface area contributed by atoms with E-state index < -0.39 is 0 Å². The van der Waals surface area contributed by atoms with Crippen molar-refractivity contribution in [2.24, 2.45) is 7.05 Å². The van der Waals surface area contributed by atoms with Gasteiger partial charge >= 0.3 is 0 Å². The Kier molecular flexibility index (Phi) is 5.30. The minimum Gasteiger partial charge on any atom is -0.381 e. The number of nitrogens with one attached hydrogen (secondary N) is 1. The Morgan fingerprint density at radius 3 is 2.75 bits per heavy atom. The summed E-state index contributed by atoms with van der Waals surface area (Å²) >= 11 is 0. The summed E-state index contributed by atoms with van der Waals surface area (Å²) < 4.78 is 1.86. The first kappa shape index (κ1) is 16.7. The lowest BCUT2D eigenvalue weighted by Gasteiger charge is -2.20. The third-order valence-corrected chi connectivity index (χ3v) is 4.59. The zero-order chi connectivity index (χ0) is 16.9. The Hall–Kier alpha value is -2.15. The van der Waals surface area contributed by atoms with E-state index in [0.717, 1.165) is 37.6 Å². The number of hydrogen-bond donors (Lipinski definition) is 1. The Balaban J connectivity index is 1.52. The highest BCUT2D eigenvalue weighted by Crippen LogP contribution is 2.19. The number of pyridine rings is 1. The molecule has 0 spiro atoms. The first-order chi connectivity index (χ1) is 11.6. The van der Waals surface area contributed by atoms with Gasteiger partial charge in [-0.3, -0.25) is 9.58 Å². The molecule has 0 aliphatic carbocycles. The fourth-order valence-electron chi connectivity index (χ4n) is 3.11. The number of anilines is 2. The molecule has 1 aliphatic heterocycles. The fourth-order valence-corrected chi connectivity index (χ4v) is 3.11. The van der Waals surface area contributed by atoms with Gasteiger partial charge in [-0.15, -0.1) is 5.10 Å². The van der Waals surface area contributed by atoms with Gasteiger partial charge in [0.05, 0.1) is 23.8 Å². The van der Waals surface area contributed by atoms with Crippen LogP contribution >= 0.6 is 0 Å². The zero-order valence-corrected chi connectivity index (χ0v) is 14.8. The van der Waals surface area contributed by atoms with Gasteiger partial charge < -0.3 is 10.2 Å². The van der Waals surface area contributed by atoms with Gasteiger partial charge in [0.15, 0.2) is 0 Å². The molecule has 1 atom stereocenters. The summed E-state index contributed by atoms with van der Waals surface area (Å²) in [5, 5.41) is 11.6. The van der Waals surface area contributed by atoms with Crippen molar-refractivity contribution in [1.82, 2.24) is 24.9 Å². The van der Waals surface area contributed by atoms with Crippen molar-refractivity contribution < 1.29 is 0 Å². The van der Waals surface area contributed by atoms with Crippen LogP contribution in [-0.4, -0.2) is 58.1 Å². The number of aryl methyl sites for hydroxylation is 1. The van der Waals surface area contributed by atoms with Gasteiger partial charge in [-0.2, -0.15) is 0 Å². The standard InChI is InChI=1S/C17H27N7/c1-22(2)17-7-6-15(11-18-17)20-14-5-4-9-24(10-8-14)13-16-12-19-21-23(16)3/h6-7,11-12,14,20H,4-5,8-10,13H2,1-3H3. The molecule has 1 N–H and O–H groups in total. The highest BCUT2D eigenvalue weighted by Gasteiger charge is 2.18. The molecule has 7 nitrogen and oxygen atoms in total. The van der Waals surface area contributed by atoms with E-state index in [1.165, 1.54) is 18.5 Å². The first-order valence-electron chi connectivity index (χ1n) is 8.57. The van der Waals surface area contributed by atoms with E-state index in [1.807, 2.05) is 43.1 Å². The summed E-state index contributed by atoms with van der Waals surface area (Å²) in [7, 11) is 5.97. The Labute approximate surface area is 143 Å². The predicted molar refractivity (Wildman–Crippen MR) is 96.1 cm³/mol. The van der Waals surface area contributed by atoms with Crippen LogP contribution in [-0.2, 0) is 13.6 Å². The second kappa shape index (κ2) is 7.61. The van der Waals surface area contributed by atoms with Crippen LogP contribution in [0.3, 0.4) is 0 Å². The van der Waals surface area contributed by atoms with Crippen molar-refractivity contribution in [3.8, 4) is 0 Å². The summed E-state index contributed by atoms with van der Waals surface area (Å²) in [5.41, 5.74) is 2.28. The van der Waals surface area contributed by atoms with Gasteiger partial charge in [0.2, 0.25) is 0 Å². The number of rotatable bonds is 5. The van der Waals surface area contributed by atoms with Crippen LogP contribution in [0.25, 0.3) is 0 Å². The van der Waals surface area contributed by atoms with Crippen molar-refractivity contribution in [2.75, 3.05) is 37.4 Å². The lowest BCUT2D eigenvalue weighted by atomic mass is 10.1. The van der Waals surface area contributed by atoms with Crippen molar-refractivity contribution in [3.63, 3.8) is 0 Å². The van der Waals surface area contributed by atoms with Gasteiger partial charge in [-0.05, 0) is 37.9 Å². The summed E-state index contributed by atoms with van der Waals surface area (Å²) in [6, 6.07) is 4.68. The molecule has 1 fully saturated rings. The Morgan fingerprint density at radius 2 is 2.08 bits per heavy atom. The maximum absolute atomic E-state index is 4.48. The lowest BCUT2D eigenvalue weighted by Crippen LogP contribution is -2.27. The average molecular weight is 329 g/mol. The summed E-state index contributed by atoms with van der Waals surface area (Å²) in [5.74, 6) is 0.984. The average Bonchev–Trinajstić information content (AvgIpc) is 2.84. The molecular weight excluding hydrogens is 302 g/mol. The van der Waals surface area contributed by atoms with E-state index in [-0.39, 0.29) is 0 Å². The van der Waals surface area contributed by atoms with Crippen molar-refractivity contribution in [2.45, 2.75) is 31.8 Å². The molecular formula is C17H27N7. The molecule has 24 heavy (non-hydrogen) atoms. The number of aromatic nitrogens is 4. The molecule has 0 bridgehead atoms. The van der Waals surface area contributed by atoms with E-state index in [0.29, 0.717) is 6.04 Å². The molecule has 2 aromatic rings. The number of hydrogen-bond acceptors (Lipinski definition) is 6. The molecule has 0 radical (unpaired) electrons. The summed E-state index contributed by atoms with van der Waals surface area (Å²) in [6.45, 7) is 3.14. The highest BCUT2D eigenvalue weighted by molar-refractivity contribution is 5.48. The maximum atomic E-state index is 4.48. The van der Waals surface area contributed by atoms with Gasteiger partial charge in [0.25, 0.3) is 0 Å². The van der Waals surface area contributed by atoms with E-state index in [1.54, 1.807) is 0 Å². The molecule has 130 valence electrons. The van der Waals surface area contributed by atoms with E-state index in [9.17, 15) is 0 Å². The van der Waals surface area contributed by atoms with Crippen molar-refractivity contribution in [3.05, 3.63) is 30.2 Å². The monoisotopic (exact) mass is 329 g/mol. The van der Waals surface area contributed by atoms with Crippen LogP contribution in [0.15, 0.2) is 24.5 Å². The third kappa shape index (κ3) is 4.23. The molecule has 2 aromatic heterocycles.